The van der Waals surface area contributed by atoms with E-state index >= 15 is 0 Å². The summed E-state index contributed by atoms with van der Waals surface area (Å²) in [5.74, 6) is 0.330. The van der Waals surface area contributed by atoms with Crippen LogP contribution < -0.4 is 5.32 Å². The Bertz CT molecular complexity index is 572. The van der Waals surface area contributed by atoms with Gasteiger partial charge in [-0.05, 0) is 36.5 Å². The van der Waals surface area contributed by atoms with Crippen molar-refractivity contribution in [3.8, 4) is 0 Å². The number of imide groups is 1. The molecule has 5 heteroatoms. The zero-order valence-corrected chi connectivity index (χ0v) is 12.8. The van der Waals surface area contributed by atoms with Crippen LogP contribution in [0.25, 0.3) is 0 Å². The number of halogens is 1. The Morgan fingerprint density at radius 2 is 2.05 bits per heavy atom. The predicted molar refractivity (Wildman–Crippen MR) is 80.9 cm³/mol. The molecule has 2 fully saturated rings. The van der Waals surface area contributed by atoms with Crippen molar-refractivity contribution in [2.45, 2.75) is 44.7 Å². The highest BCUT2D eigenvalue weighted by Gasteiger charge is 2.53. The van der Waals surface area contributed by atoms with E-state index in [1.165, 1.54) is 0 Å². The van der Waals surface area contributed by atoms with Crippen molar-refractivity contribution in [1.82, 2.24) is 10.2 Å². The lowest BCUT2D eigenvalue weighted by atomic mass is 9.75. The van der Waals surface area contributed by atoms with E-state index in [0.717, 1.165) is 31.2 Å². The minimum absolute atomic E-state index is 0.131. The minimum Gasteiger partial charge on any atom is -0.305 e. The van der Waals surface area contributed by atoms with Gasteiger partial charge in [-0.1, -0.05) is 43.5 Å². The molecular formula is C16H19ClN2O2. The molecule has 1 saturated carbocycles. The second-order valence-electron chi connectivity index (χ2n) is 6.20. The summed E-state index contributed by atoms with van der Waals surface area (Å²) in [6.45, 7) is 2.60. The molecule has 2 atom stereocenters. The Hall–Kier alpha value is -1.55. The Balaban J connectivity index is 1.88. The van der Waals surface area contributed by atoms with Crippen LogP contribution in [0.4, 0.5) is 4.79 Å². The van der Waals surface area contributed by atoms with Gasteiger partial charge >= 0.3 is 6.03 Å². The molecule has 1 N–H and O–H groups in total. The Kier molecular flexibility index (Phi) is 3.66. The molecule has 1 aliphatic carbocycles. The molecule has 1 aliphatic heterocycles. The third kappa shape index (κ3) is 2.53. The summed E-state index contributed by atoms with van der Waals surface area (Å²) in [4.78, 5) is 26.3. The van der Waals surface area contributed by atoms with Crippen LogP contribution in [0, 0.1) is 5.92 Å². The first-order valence-electron chi connectivity index (χ1n) is 7.39. The maximum absolute atomic E-state index is 12.4. The van der Waals surface area contributed by atoms with E-state index in [-0.39, 0.29) is 11.9 Å². The average Bonchev–Trinajstić information content (AvgIpc) is 2.65. The van der Waals surface area contributed by atoms with Crippen molar-refractivity contribution >= 4 is 23.5 Å². The second-order valence-corrected chi connectivity index (χ2v) is 6.64. The zero-order chi connectivity index (χ0) is 15.0. The van der Waals surface area contributed by atoms with Gasteiger partial charge < -0.3 is 4.90 Å². The topological polar surface area (TPSA) is 49.4 Å². The summed E-state index contributed by atoms with van der Waals surface area (Å²) in [7, 11) is 0. The fraction of sp³-hybridized carbons (Fsp3) is 0.500. The van der Waals surface area contributed by atoms with Crippen LogP contribution in [0.15, 0.2) is 24.3 Å². The lowest BCUT2D eigenvalue weighted by Gasteiger charge is -2.40. The Labute approximate surface area is 129 Å². The van der Waals surface area contributed by atoms with Gasteiger partial charge in [-0.25, -0.2) is 4.79 Å². The van der Waals surface area contributed by atoms with Gasteiger partial charge in [0.1, 0.15) is 5.54 Å². The van der Waals surface area contributed by atoms with E-state index < -0.39 is 5.54 Å². The van der Waals surface area contributed by atoms with Crippen molar-refractivity contribution in [3.05, 3.63) is 34.9 Å². The van der Waals surface area contributed by atoms with Crippen LogP contribution in [0.5, 0.6) is 0 Å². The highest BCUT2D eigenvalue weighted by atomic mass is 35.5. The van der Waals surface area contributed by atoms with Crippen LogP contribution >= 0.6 is 11.6 Å². The Morgan fingerprint density at radius 3 is 2.71 bits per heavy atom. The van der Waals surface area contributed by atoms with Gasteiger partial charge in [0.15, 0.2) is 0 Å². The van der Waals surface area contributed by atoms with Gasteiger partial charge in [-0.2, -0.15) is 0 Å². The molecule has 3 amide bonds. The molecule has 0 bridgehead atoms. The second kappa shape index (κ2) is 5.34. The van der Waals surface area contributed by atoms with E-state index in [0.29, 0.717) is 17.5 Å². The number of nitrogens with one attached hydrogen (secondary N) is 1. The summed E-state index contributed by atoms with van der Waals surface area (Å²) in [6.07, 6.45) is 3.61. The van der Waals surface area contributed by atoms with Crippen LogP contribution in [-0.2, 0) is 11.3 Å². The largest absolute Gasteiger partial charge is 0.325 e. The molecule has 1 heterocycles. The molecule has 4 nitrogen and oxygen atoms in total. The Morgan fingerprint density at radius 1 is 1.33 bits per heavy atom. The quantitative estimate of drug-likeness (QED) is 0.852. The maximum Gasteiger partial charge on any atom is 0.325 e. The van der Waals surface area contributed by atoms with Crippen LogP contribution in [0.2, 0.25) is 5.02 Å². The number of benzene rings is 1. The molecule has 1 aromatic carbocycles. The number of amides is 3. The van der Waals surface area contributed by atoms with Crippen LogP contribution in [-0.4, -0.2) is 22.4 Å². The van der Waals surface area contributed by atoms with Crippen molar-refractivity contribution < 1.29 is 9.59 Å². The summed E-state index contributed by atoms with van der Waals surface area (Å²) in [5.41, 5.74) is 0.329. The monoisotopic (exact) mass is 306 g/mol. The minimum atomic E-state index is -0.658. The fourth-order valence-corrected chi connectivity index (χ4v) is 3.69. The number of rotatable bonds is 2. The standard InChI is InChI=1S/C16H19ClN2O2/c1-11-3-2-8-16(9-11)14(20)18-15(21)19(16)10-12-4-6-13(17)7-5-12/h4-7,11H,2-3,8-10H2,1H3,(H,18,20,21). The normalized spacial score (nSPS) is 29.0. The number of hydrogen-bond acceptors (Lipinski definition) is 2. The summed E-state index contributed by atoms with van der Waals surface area (Å²) < 4.78 is 0. The number of urea groups is 1. The summed E-state index contributed by atoms with van der Waals surface area (Å²) >= 11 is 5.89. The van der Waals surface area contributed by atoms with E-state index in [9.17, 15) is 9.59 Å². The molecule has 112 valence electrons. The van der Waals surface area contributed by atoms with Gasteiger partial charge in [0, 0.05) is 11.6 Å². The van der Waals surface area contributed by atoms with Gasteiger partial charge in [0.25, 0.3) is 5.91 Å². The number of carbonyl (C=O) groups is 2. The molecule has 0 radical (unpaired) electrons. The van der Waals surface area contributed by atoms with Crippen molar-refractivity contribution in [2.75, 3.05) is 0 Å². The maximum atomic E-state index is 12.4. The summed E-state index contributed by atoms with van der Waals surface area (Å²) in [5, 5.41) is 3.17. The highest BCUT2D eigenvalue weighted by molar-refractivity contribution is 6.30. The first-order chi connectivity index (χ1) is 10.0. The molecule has 0 aromatic heterocycles. The van der Waals surface area contributed by atoms with Crippen LogP contribution in [0.1, 0.15) is 38.2 Å². The van der Waals surface area contributed by atoms with Gasteiger partial charge in [0.05, 0.1) is 0 Å². The predicted octanol–water partition coefficient (Wildman–Crippen LogP) is 3.34. The molecule has 21 heavy (non-hydrogen) atoms. The first-order valence-corrected chi connectivity index (χ1v) is 7.76. The van der Waals surface area contributed by atoms with E-state index in [1.54, 1.807) is 4.90 Å². The lowest BCUT2D eigenvalue weighted by molar-refractivity contribution is -0.129. The average molecular weight is 307 g/mol. The molecule has 2 unspecified atom stereocenters. The third-order valence-electron chi connectivity index (χ3n) is 4.63. The van der Waals surface area contributed by atoms with Gasteiger partial charge in [-0.3, -0.25) is 10.1 Å². The molecule has 1 aromatic rings. The third-order valence-corrected chi connectivity index (χ3v) is 4.88. The number of carbonyl (C=O) groups excluding carboxylic acids is 2. The molecule has 2 aliphatic rings. The summed E-state index contributed by atoms with van der Waals surface area (Å²) in [6, 6.07) is 7.15. The highest BCUT2D eigenvalue weighted by Crippen LogP contribution is 2.40. The molecule has 1 spiro atoms. The molecule has 3 rings (SSSR count). The number of hydrogen-bond donors (Lipinski definition) is 1. The number of nitrogens with zero attached hydrogens (tertiary/aromatic N) is 1. The van der Waals surface area contributed by atoms with Crippen molar-refractivity contribution in [3.63, 3.8) is 0 Å². The van der Waals surface area contributed by atoms with Gasteiger partial charge in [0.2, 0.25) is 0 Å². The van der Waals surface area contributed by atoms with Gasteiger partial charge in [-0.15, -0.1) is 0 Å². The van der Waals surface area contributed by atoms with Crippen molar-refractivity contribution in [2.24, 2.45) is 5.92 Å². The zero-order valence-electron chi connectivity index (χ0n) is 12.1. The first kappa shape index (κ1) is 14.4. The lowest BCUT2D eigenvalue weighted by Crippen LogP contribution is -2.52. The smallest absolute Gasteiger partial charge is 0.305 e. The van der Waals surface area contributed by atoms with E-state index in [1.807, 2.05) is 24.3 Å². The fourth-order valence-electron chi connectivity index (χ4n) is 3.57. The van der Waals surface area contributed by atoms with Crippen LogP contribution in [0.3, 0.4) is 0 Å². The molecular weight excluding hydrogens is 288 g/mol. The molecule has 1 saturated heterocycles. The SMILES string of the molecule is CC1CCCC2(C1)C(=O)NC(=O)N2Cc1ccc(Cl)cc1. The van der Waals surface area contributed by atoms with E-state index in [2.05, 4.69) is 12.2 Å². The van der Waals surface area contributed by atoms with Crippen molar-refractivity contribution in [1.29, 1.82) is 0 Å². The van der Waals surface area contributed by atoms with E-state index in [4.69, 9.17) is 11.6 Å².